The van der Waals surface area contributed by atoms with Gasteiger partial charge in [-0.15, -0.1) is 0 Å². The second-order valence-corrected chi connectivity index (χ2v) is 7.03. The van der Waals surface area contributed by atoms with Gasteiger partial charge in [-0.25, -0.2) is 8.42 Å². The quantitative estimate of drug-likeness (QED) is 0.750. The summed E-state index contributed by atoms with van der Waals surface area (Å²) in [6, 6.07) is 19.8. The minimum atomic E-state index is -4.08. The summed E-state index contributed by atoms with van der Waals surface area (Å²) in [5, 5.41) is 3.32. The molecule has 24 heavy (non-hydrogen) atoms. The van der Waals surface area contributed by atoms with Crippen LogP contribution in [0, 0.1) is 0 Å². The summed E-state index contributed by atoms with van der Waals surface area (Å²) < 4.78 is 31.5. The van der Waals surface area contributed by atoms with Crippen LogP contribution in [-0.4, -0.2) is 24.8 Å². The number of anilines is 1. The van der Waals surface area contributed by atoms with Crippen LogP contribution >= 0.6 is 0 Å². The molecule has 0 bridgehead atoms. The predicted octanol–water partition coefficient (Wildman–Crippen LogP) is 2.76. The maximum atomic E-state index is 10.5. The Labute approximate surface area is 144 Å². The van der Waals surface area contributed by atoms with Gasteiger partial charge in [-0.1, -0.05) is 43.3 Å². The molecule has 0 saturated heterocycles. The van der Waals surface area contributed by atoms with Crippen molar-refractivity contribution in [1.82, 2.24) is 0 Å². The van der Waals surface area contributed by atoms with E-state index in [1.54, 1.807) is 0 Å². The predicted molar refractivity (Wildman–Crippen MR) is 96.9 cm³/mol. The van der Waals surface area contributed by atoms with E-state index >= 15 is 0 Å². The highest BCUT2D eigenvalue weighted by Crippen LogP contribution is 2.12. The number of hydrogen-bond donors (Lipinski definition) is 2. The van der Waals surface area contributed by atoms with E-state index in [0.29, 0.717) is 12.8 Å². The second-order valence-electron chi connectivity index (χ2n) is 5.51. The van der Waals surface area contributed by atoms with Crippen molar-refractivity contribution in [1.29, 1.82) is 0 Å². The number of hydrogen-bond acceptors (Lipinski definition) is 4. The van der Waals surface area contributed by atoms with Crippen molar-refractivity contribution in [2.24, 2.45) is 0 Å². The van der Waals surface area contributed by atoms with Gasteiger partial charge in [-0.05, 0) is 43.5 Å². The lowest BCUT2D eigenvalue weighted by molar-refractivity contribution is -0.254. The van der Waals surface area contributed by atoms with E-state index in [1.807, 2.05) is 67.6 Å². The van der Waals surface area contributed by atoms with Gasteiger partial charge in [-0.2, -0.15) is 0 Å². The Balaban J connectivity index is 0.000000341. The largest absolute Gasteiger partial charge is 0.748 e. The SMILES string of the molecule is CCC(CCCS(=O)(=O)[O-])Nc1ccccc1.[NH3+]c1ccccc1. The molecule has 5 nitrogen and oxygen atoms in total. The molecule has 0 amide bonds. The number of benzene rings is 2. The Hall–Kier alpha value is -1.89. The lowest BCUT2D eigenvalue weighted by Crippen LogP contribution is -2.39. The zero-order chi connectivity index (χ0) is 17.8. The van der Waals surface area contributed by atoms with Crippen molar-refractivity contribution in [3.05, 3.63) is 60.7 Å². The molecule has 0 spiro atoms. The third-order valence-electron chi connectivity index (χ3n) is 3.43. The van der Waals surface area contributed by atoms with Crippen LogP contribution in [0.4, 0.5) is 11.4 Å². The summed E-state index contributed by atoms with van der Waals surface area (Å²) in [5.74, 6) is -0.278. The molecule has 1 unspecified atom stereocenters. The van der Waals surface area contributed by atoms with E-state index in [4.69, 9.17) is 0 Å². The van der Waals surface area contributed by atoms with Crippen LogP contribution < -0.4 is 11.1 Å². The van der Waals surface area contributed by atoms with E-state index in [2.05, 4.69) is 11.1 Å². The van der Waals surface area contributed by atoms with Gasteiger partial charge < -0.3 is 15.6 Å². The summed E-state index contributed by atoms with van der Waals surface area (Å²) in [5.41, 5.74) is 5.81. The first-order chi connectivity index (χ1) is 11.4. The van der Waals surface area contributed by atoms with Crippen LogP contribution in [0.3, 0.4) is 0 Å². The smallest absolute Gasteiger partial charge is 0.127 e. The van der Waals surface area contributed by atoms with Gasteiger partial charge in [-0.3, -0.25) is 0 Å². The van der Waals surface area contributed by atoms with Crippen molar-refractivity contribution in [3.8, 4) is 0 Å². The molecule has 2 aromatic carbocycles. The van der Waals surface area contributed by atoms with E-state index in [9.17, 15) is 13.0 Å². The summed E-state index contributed by atoms with van der Waals surface area (Å²) in [7, 11) is -4.08. The van der Waals surface area contributed by atoms with Gasteiger partial charge in [0.2, 0.25) is 0 Å². The lowest BCUT2D eigenvalue weighted by Gasteiger charge is -2.18. The van der Waals surface area contributed by atoms with E-state index in [1.165, 1.54) is 0 Å². The Morgan fingerprint density at radius 2 is 1.58 bits per heavy atom. The Bertz CT molecular complexity index is 661. The van der Waals surface area contributed by atoms with E-state index in [0.717, 1.165) is 17.8 Å². The summed E-state index contributed by atoms with van der Waals surface area (Å²) in [6.07, 6.45) is 1.99. The monoisotopic (exact) mass is 350 g/mol. The van der Waals surface area contributed by atoms with Gasteiger partial charge in [0.25, 0.3) is 0 Å². The molecule has 0 radical (unpaired) electrons. The number of para-hydroxylation sites is 1. The maximum absolute atomic E-state index is 10.5. The molecule has 0 aliphatic heterocycles. The van der Waals surface area contributed by atoms with Crippen LogP contribution in [0.25, 0.3) is 0 Å². The molecule has 2 rings (SSSR count). The molecule has 0 aliphatic rings. The number of nitrogens with one attached hydrogen (secondary N) is 1. The van der Waals surface area contributed by atoms with Crippen molar-refractivity contribution in [2.45, 2.75) is 32.2 Å². The third-order valence-corrected chi connectivity index (χ3v) is 4.22. The highest BCUT2D eigenvalue weighted by molar-refractivity contribution is 7.85. The Morgan fingerprint density at radius 1 is 1.04 bits per heavy atom. The van der Waals surface area contributed by atoms with Crippen molar-refractivity contribution >= 4 is 21.5 Å². The normalized spacial score (nSPS) is 12.0. The molecular weight excluding hydrogens is 324 g/mol. The summed E-state index contributed by atoms with van der Waals surface area (Å²) >= 11 is 0. The lowest BCUT2D eigenvalue weighted by atomic mass is 10.1. The van der Waals surface area contributed by atoms with Crippen molar-refractivity contribution < 1.29 is 18.7 Å². The minimum absolute atomic E-state index is 0.208. The molecule has 6 heteroatoms. The van der Waals surface area contributed by atoms with Gasteiger partial charge >= 0.3 is 0 Å². The number of quaternary nitrogens is 1. The second kappa shape index (κ2) is 10.8. The van der Waals surface area contributed by atoms with Crippen LogP contribution in [-0.2, 0) is 10.1 Å². The van der Waals surface area contributed by atoms with Crippen LogP contribution in [0.15, 0.2) is 60.7 Å². The fourth-order valence-electron chi connectivity index (χ4n) is 2.13. The Kier molecular flexibility index (Phi) is 9.07. The first kappa shape index (κ1) is 20.2. The van der Waals surface area contributed by atoms with Gasteiger partial charge in [0.1, 0.15) is 5.69 Å². The number of rotatable bonds is 7. The standard InChI is InChI=1S/C12H19NO3S.C6H7N/c1-2-11(9-6-10-17(14,15)16)13-12-7-4-3-5-8-12;7-6-4-2-1-3-5-6/h3-5,7-8,11,13H,2,6,9-10H2,1H3,(H,14,15,16);1-5H,7H2. The minimum Gasteiger partial charge on any atom is -0.748 e. The molecule has 0 aromatic heterocycles. The molecule has 2 aromatic rings. The summed E-state index contributed by atoms with van der Waals surface area (Å²) in [6.45, 7) is 2.03. The van der Waals surface area contributed by atoms with Gasteiger partial charge in [0.15, 0.2) is 0 Å². The highest BCUT2D eigenvalue weighted by Gasteiger charge is 2.06. The van der Waals surface area contributed by atoms with Crippen LogP contribution in [0.5, 0.6) is 0 Å². The first-order valence-corrected chi connectivity index (χ1v) is 9.60. The fraction of sp³-hybridized carbons (Fsp3) is 0.333. The van der Waals surface area contributed by atoms with Crippen LogP contribution in [0.2, 0.25) is 0 Å². The molecule has 4 N–H and O–H groups in total. The van der Waals surface area contributed by atoms with Gasteiger partial charge in [0.05, 0.1) is 10.1 Å². The van der Waals surface area contributed by atoms with E-state index < -0.39 is 10.1 Å². The van der Waals surface area contributed by atoms with Crippen molar-refractivity contribution in [2.75, 3.05) is 11.1 Å². The average molecular weight is 350 g/mol. The molecule has 1 atom stereocenters. The Morgan fingerprint density at radius 3 is 2.00 bits per heavy atom. The van der Waals surface area contributed by atoms with Gasteiger partial charge in [0, 0.05) is 17.5 Å². The molecular formula is C18H26N2O3S. The zero-order valence-corrected chi connectivity index (χ0v) is 14.8. The maximum Gasteiger partial charge on any atom is 0.127 e. The molecule has 0 heterocycles. The molecule has 0 aliphatic carbocycles. The van der Waals surface area contributed by atoms with Crippen LogP contribution in [0.1, 0.15) is 26.2 Å². The molecule has 0 saturated carbocycles. The van der Waals surface area contributed by atoms with E-state index in [-0.39, 0.29) is 11.8 Å². The average Bonchev–Trinajstić information content (AvgIpc) is 2.55. The molecule has 0 fully saturated rings. The zero-order valence-electron chi connectivity index (χ0n) is 14.0. The molecule has 132 valence electrons. The first-order valence-electron chi connectivity index (χ1n) is 8.03. The summed E-state index contributed by atoms with van der Waals surface area (Å²) in [4.78, 5) is 0. The third kappa shape index (κ3) is 9.99. The topological polar surface area (TPSA) is 96.9 Å². The van der Waals surface area contributed by atoms with Crippen molar-refractivity contribution in [3.63, 3.8) is 0 Å². The fourth-order valence-corrected chi connectivity index (χ4v) is 2.65. The highest BCUT2D eigenvalue weighted by atomic mass is 32.2.